The molecule has 0 aliphatic heterocycles. The van der Waals surface area contributed by atoms with Crippen molar-refractivity contribution in [2.45, 2.75) is 0 Å². The number of amides is 2. The molecular weight excluding hydrogens is 328 g/mol. The molecule has 0 saturated carbocycles. The van der Waals surface area contributed by atoms with Crippen LogP contribution in [0.1, 0.15) is 20.0 Å². The van der Waals surface area contributed by atoms with Crippen molar-refractivity contribution in [2.24, 2.45) is 5.73 Å². The number of carbonyl (C=O) groups is 3. The van der Waals surface area contributed by atoms with Crippen LogP contribution in [-0.4, -0.2) is 24.4 Å². The summed E-state index contributed by atoms with van der Waals surface area (Å²) >= 11 is 6.86. The van der Waals surface area contributed by atoms with E-state index in [1.807, 2.05) is 0 Å². The second-order valence-corrected chi connectivity index (χ2v) is 5.88. The lowest BCUT2D eigenvalue weighted by Gasteiger charge is -2.05. The Bertz CT molecular complexity index is 712. The van der Waals surface area contributed by atoms with Crippen molar-refractivity contribution in [3.63, 3.8) is 0 Å². The molecule has 0 saturated heterocycles. The van der Waals surface area contributed by atoms with Gasteiger partial charge in [0.05, 0.1) is 14.8 Å². The molecule has 0 atom stereocenters. The Morgan fingerprint density at radius 1 is 1.14 bits per heavy atom. The predicted molar refractivity (Wildman–Crippen MR) is 83.6 cm³/mol. The molecule has 0 spiro atoms. The van der Waals surface area contributed by atoms with Crippen molar-refractivity contribution in [1.29, 1.82) is 0 Å². The van der Waals surface area contributed by atoms with Crippen molar-refractivity contribution in [2.75, 3.05) is 11.9 Å². The molecule has 22 heavy (non-hydrogen) atoms. The van der Waals surface area contributed by atoms with Gasteiger partial charge in [0.2, 0.25) is 5.78 Å². The van der Waals surface area contributed by atoms with Crippen LogP contribution in [0.3, 0.4) is 0 Å². The Morgan fingerprint density at radius 2 is 1.82 bits per heavy atom. The third kappa shape index (κ3) is 4.31. The van der Waals surface area contributed by atoms with Crippen molar-refractivity contribution in [1.82, 2.24) is 0 Å². The first kappa shape index (κ1) is 16.0. The normalized spacial score (nSPS) is 10.0. The second-order valence-electron chi connectivity index (χ2n) is 4.17. The van der Waals surface area contributed by atoms with E-state index in [-0.39, 0.29) is 18.0 Å². The number of nitrogens with two attached hydrogens (primary N) is 1. The van der Waals surface area contributed by atoms with Gasteiger partial charge in [0.15, 0.2) is 6.61 Å². The Labute approximate surface area is 134 Å². The van der Waals surface area contributed by atoms with E-state index < -0.39 is 12.0 Å². The van der Waals surface area contributed by atoms with Gasteiger partial charge in [0, 0.05) is 5.69 Å². The zero-order chi connectivity index (χ0) is 16.1. The molecule has 0 aliphatic rings. The molecule has 1 aromatic heterocycles. The number of anilines is 1. The molecule has 0 fully saturated rings. The zero-order valence-electron chi connectivity index (χ0n) is 11.2. The number of thiophene rings is 1. The first-order valence-electron chi connectivity index (χ1n) is 6.08. The largest absolute Gasteiger partial charge is 0.454 e. The third-order valence-electron chi connectivity index (χ3n) is 2.57. The molecule has 3 N–H and O–H groups in total. The van der Waals surface area contributed by atoms with E-state index >= 15 is 0 Å². The lowest BCUT2D eigenvalue weighted by Crippen LogP contribution is -2.19. The van der Waals surface area contributed by atoms with E-state index in [9.17, 15) is 14.4 Å². The number of hydrogen-bond donors (Lipinski definition) is 2. The van der Waals surface area contributed by atoms with Crippen molar-refractivity contribution in [3.05, 3.63) is 51.2 Å². The lowest BCUT2D eigenvalue weighted by molar-refractivity contribution is 0.0476. The summed E-state index contributed by atoms with van der Waals surface area (Å²) in [7, 11) is 0. The summed E-state index contributed by atoms with van der Waals surface area (Å²) in [6.07, 6.45) is 0. The van der Waals surface area contributed by atoms with Gasteiger partial charge in [-0.25, -0.2) is 9.59 Å². The lowest BCUT2D eigenvalue weighted by atomic mass is 10.2. The van der Waals surface area contributed by atoms with Gasteiger partial charge in [0.1, 0.15) is 0 Å². The van der Waals surface area contributed by atoms with Crippen LogP contribution in [0.5, 0.6) is 0 Å². The fourth-order valence-electron chi connectivity index (χ4n) is 1.58. The maximum Gasteiger partial charge on any atom is 0.338 e. The molecule has 114 valence electrons. The molecule has 0 aliphatic carbocycles. The van der Waals surface area contributed by atoms with Crippen molar-refractivity contribution in [3.8, 4) is 0 Å². The topological polar surface area (TPSA) is 98.5 Å². The van der Waals surface area contributed by atoms with E-state index in [0.717, 1.165) is 11.3 Å². The number of rotatable bonds is 5. The number of Topliss-reactive ketones (excluding diaryl/α,β-unsaturated/α-hetero) is 1. The molecular formula is C14H11ClN2O4S. The Kier molecular flexibility index (Phi) is 5.13. The third-order valence-corrected chi connectivity index (χ3v) is 3.84. The standard InChI is InChI=1S/C14H11ClN2O4S/c15-12-6-5-11(22-12)10(18)7-21-13(19)8-1-3-9(4-2-8)17-14(16)20/h1-6H,7H2,(H3,16,17,20). The van der Waals surface area contributed by atoms with Gasteiger partial charge in [0.25, 0.3) is 0 Å². The van der Waals surface area contributed by atoms with Crippen LogP contribution < -0.4 is 11.1 Å². The molecule has 2 aromatic rings. The smallest absolute Gasteiger partial charge is 0.338 e. The van der Waals surface area contributed by atoms with Crippen LogP contribution in [0.15, 0.2) is 36.4 Å². The minimum Gasteiger partial charge on any atom is -0.454 e. The quantitative estimate of drug-likeness (QED) is 0.646. The van der Waals surface area contributed by atoms with Crippen LogP contribution in [0.25, 0.3) is 0 Å². The SMILES string of the molecule is NC(=O)Nc1ccc(C(=O)OCC(=O)c2ccc(Cl)s2)cc1. The summed E-state index contributed by atoms with van der Waals surface area (Å²) in [5.74, 6) is -0.959. The number of ketones is 1. The molecule has 1 heterocycles. The summed E-state index contributed by atoms with van der Waals surface area (Å²) in [6, 6.07) is 8.40. The molecule has 1 aromatic carbocycles. The summed E-state index contributed by atoms with van der Waals surface area (Å²) in [4.78, 5) is 34.7. The van der Waals surface area contributed by atoms with E-state index in [2.05, 4.69) is 5.32 Å². The average molecular weight is 339 g/mol. The predicted octanol–water partition coefficient (Wildman–Crippen LogP) is 2.93. The summed E-state index contributed by atoms with van der Waals surface area (Å²) in [6.45, 7) is -0.364. The molecule has 6 nitrogen and oxygen atoms in total. The van der Waals surface area contributed by atoms with Gasteiger partial charge in [-0.1, -0.05) is 11.6 Å². The fourth-order valence-corrected chi connectivity index (χ4v) is 2.55. The highest BCUT2D eigenvalue weighted by molar-refractivity contribution is 7.18. The van der Waals surface area contributed by atoms with Gasteiger partial charge in [-0.05, 0) is 36.4 Å². The van der Waals surface area contributed by atoms with E-state index in [1.165, 1.54) is 24.3 Å². The van der Waals surface area contributed by atoms with Crippen molar-refractivity contribution < 1.29 is 19.1 Å². The Hall–Kier alpha value is -2.38. The molecule has 2 amide bonds. The minimum absolute atomic E-state index is 0.257. The fraction of sp³-hybridized carbons (Fsp3) is 0.0714. The molecule has 2 rings (SSSR count). The summed E-state index contributed by atoms with van der Waals surface area (Å²) in [5, 5.41) is 2.37. The molecule has 0 radical (unpaired) electrons. The Balaban J connectivity index is 1.92. The van der Waals surface area contributed by atoms with E-state index in [1.54, 1.807) is 12.1 Å². The number of carbonyl (C=O) groups excluding carboxylic acids is 3. The zero-order valence-corrected chi connectivity index (χ0v) is 12.7. The first-order chi connectivity index (χ1) is 10.5. The van der Waals surface area contributed by atoms with Crippen LogP contribution in [0, 0.1) is 0 Å². The number of urea groups is 1. The monoisotopic (exact) mass is 338 g/mol. The first-order valence-corrected chi connectivity index (χ1v) is 7.27. The number of hydrogen-bond acceptors (Lipinski definition) is 5. The number of nitrogens with one attached hydrogen (secondary N) is 1. The van der Waals surface area contributed by atoms with Gasteiger partial charge in [-0.15, -0.1) is 11.3 Å². The van der Waals surface area contributed by atoms with Crippen LogP contribution in [0.2, 0.25) is 4.34 Å². The van der Waals surface area contributed by atoms with Gasteiger partial charge >= 0.3 is 12.0 Å². The van der Waals surface area contributed by atoms with Gasteiger partial charge in [-0.3, -0.25) is 4.79 Å². The van der Waals surface area contributed by atoms with Crippen LogP contribution >= 0.6 is 22.9 Å². The van der Waals surface area contributed by atoms with Crippen molar-refractivity contribution >= 4 is 46.4 Å². The number of benzene rings is 1. The highest BCUT2D eigenvalue weighted by Gasteiger charge is 2.13. The maximum absolute atomic E-state index is 11.8. The minimum atomic E-state index is -0.699. The average Bonchev–Trinajstić information content (AvgIpc) is 2.91. The number of halogens is 1. The van der Waals surface area contributed by atoms with E-state index in [0.29, 0.717) is 14.9 Å². The number of esters is 1. The summed E-state index contributed by atoms with van der Waals surface area (Å²) < 4.78 is 5.43. The van der Waals surface area contributed by atoms with Crippen LogP contribution in [-0.2, 0) is 4.74 Å². The highest BCUT2D eigenvalue weighted by atomic mass is 35.5. The molecule has 0 bridgehead atoms. The van der Waals surface area contributed by atoms with Gasteiger partial charge < -0.3 is 15.8 Å². The highest BCUT2D eigenvalue weighted by Crippen LogP contribution is 2.21. The van der Waals surface area contributed by atoms with E-state index in [4.69, 9.17) is 22.1 Å². The Morgan fingerprint density at radius 3 is 2.36 bits per heavy atom. The molecule has 8 heteroatoms. The van der Waals surface area contributed by atoms with Crippen LogP contribution in [0.4, 0.5) is 10.5 Å². The maximum atomic E-state index is 11.8. The second kappa shape index (κ2) is 7.06. The number of primary amides is 1. The molecule has 0 unspecified atom stereocenters. The summed E-state index contributed by atoms with van der Waals surface area (Å²) in [5.41, 5.74) is 5.68. The number of ether oxygens (including phenoxy) is 1. The van der Waals surface area contributed by atoms with Gasteiger partial charge in [-0.2, -0.15) is 0 Å².